The lowest BCUT2D eigenvalue weighted by atomic mass is 9.87. The SMILES string of the molecule is C=CC(=O)N1CCC(C2CCNc3c(C(N)=O)c(-c4cc(C)c(C5CC5)c(OC)c4)nn32)CC1.C=CC(=O)N1CCC(C2CCNc3c(C(N)=O)c(-c4cc(CC)c(C)c(OC)c4)nn32)CC1.[2H]/C(C)=C(\[2H])C(=O)N1CCC(C2CCNc3c(C(N)=O)c(-c4cc(OC)c(C)c(OC)c4)nn32)CC1.[2H]C([2H])([2H])Oc1cc(-c2nn3c(c2C(N)=O)NCCC3C2CCN(C(=O)C=C)CC2)cc(OC)c1C1CC1. The highest BCUT2D eigenvalue weighted by molar-refractivity contribution is 6.07. The summed E-state index contributed by atoms with van der Waals surface area (Å²) >= 11 is 0. The molecule has 10 aliphatic rings. The predicted octanol–water partition coefficient (Wildman–Crippen LogP) is 13.4. The van der Waals surface area contributed by atoms with Gasteiger partial charge in [0.25, 0.3) is 23.6 Å². The fourth-order valence-corrected chi connectivity index (χ4v) is 21.7. The van der Waals surface area contributed by atoms with Crippen molar-refractivity contribution in [1.82, 2.24) is 58.7 Å². The Morgan fingerprint density at radius 1 is 0.390 bits per heavy atom. The summed E-state index contributed by atoms with van der Waals surface area (Å²) in [5.74, 6) is 5.39. The van der Waals surface area contributed by atoms with E-state index in [2.05, 4.69) is 67.0 Å². The molecule has 4 aromatic heterocycles. The van der Waals surface area contributed by atoms with Gasteiger partial charge in [0, 0.05) is 117 Å². The quantitative estimate of drug-likeness (QED) is 0.0246. The van der Waals surface area contributed by atoms with Crippen LogP contribution in [0, 0.1) is 44.4 Å². The average molecular weight is 1870 g/mol. The zero-order valence-corrected chi connectivity index (χ0v) is 79.6. The van der Waals surface area contributed by atoms with Crippen LogP contribution in [0.4, 0.5) is 23.3 Å². The van der Waals surface area contributed by atoms with Crippen LogP contribution in [0.25, 0.3) is 45.0 Å². The monoisotopic (exact) mass is 1870 g/mol. The molecule has 4 aromatic carbocycles. The fraction of sp³-hybridized carbons (Fsp3) is 0.490. The number of carbonyl (C=O) groups is 8. The third-order valence-corrected chi connectivity index (χ3v) is 29.0. The number of nitrogens with one attached hydrogen (secondary N) is 4. The van der Waals surface area contributed by atoms with Gasteiger partial charge >= 0.3 is 0 Å². The summed E-state index contributed by atoms with van der Waals surface area (Å²) in [6, 6.07) is 15.2. The summed E-state index contributed by atoms with van der Waals surface area (Å²) in [4.78, 5) is 106. The summed E-state index contributed by atoms with van der Waals surface area (Å²) in [6.45, 7) is 28.3. The van der Waals surface area contributed by atoms with E-state index in [1.807, 2.05) is 66.6 Å². The van der Waals surface area contributed by atoms with Crippen LogP contribution in [0.15, 0.2) is 98.6 Å². The summed E-state index contributed by atoms with van der Waals surface area (Å²) in [5, 5.41) is 33.1. The Hall–Kier alpha value is -13.6. The van der Waals surface area contributed by atoms with E-state index in [4.69, 9.17) is 78.6 Å². The molecule has 6 fully saturated rings. The number of nitrogens with two attached hydrogens (primary N) is 4. The Labute approximate surface area is 801 Å². The highest BCUT2D eigenvalue weighted by Crippen LogP contribution is 2.53. The maximum Gasteiger partial charge on any atom is 0.254 e. The first-order chi connectivity index (χ1) is 67.6. The minimum Gasteiger partial charge on any atom is -0.496 e. The molecule has 8 aromatic rings. The highest BCUT2D eigenvalue weighted by atomic mass is 16.5. The van der Waals surface area contributed by atoms with E-state index in [9.17, 15) is 38.4 Å². The minimum absolute atomic E-state index is 0.0131. The first kappa shape index (κ1) is 90.3. The largest absolute Gasteiger partial charge is 0.496 e. The van der Waals surface area contributed by atoms with E-state index >= 15 is 0 Å². The topological polar surface area (TPSA) is 428 Å². The molecule has 8 amide bonds. The lowest BCUT2D eigenvalue weighted by Crippen LogP contribution is -2.41. The molecule has 2 aliphatic carbocycles. The smallest absolute Gasteiger partial charge is 0.254 e. The standard InChI is InChI=1S/C26H33N5O4.C26H33N5O3.C25H33N5O4.C25H33N5O3/c1-4-21(32)30-11-8-15(9-12-30)18-7-10-28-26-23(25(27)33)24(29-31(18)26)17-13-19(34-2)22(16-5-6-16)20(14-17)35-3;1-4-21(32)30-11-8-16(9-12-30)19-7-10-28-26-23(25(27)33)24(29-31(19)26)18-13-15(2)22(17-5-6-17)20(14-18)34-3;1-5-6-21(31)29-11-8-16(9-12-29)18-7-10-27-25-22(24(26)32)23(28-30(18)25)17-13-19(33-3)15(2)20(14-17)34-4;1-5-16-13-18(14-20(33-4)15(16)3)23-22(24(26)32)25-27-10-7-19(30(25)28-23)17-8-11-29(12-9-17)21(31)6-2/h4,13-16,18,28H,1,5-12H2,2-3H3,(H2,27,33);4,13-14,16-17,19,28H,1,5-12H2,2-3H3,(H2,27,33);5-6,13-14,16,18,27H,7-12H2,1-4H3,(H2,26,32);6,13-14,17,19,27H,2,5,7-12H2,1,3-4H3,(H2,26,32)/b;;6-5-;/i2D3;;5D,6D;. The van der Waals surface area contributed by atoms with Crippen molar-refractivity contribution in [2.24, 2.45) is 46.6 Å². The number of nitrogens with zero attached hydrogens (tertiary/aromatic N) is 12. The summed E-state index contributed by atoms with van der Waals surface area (Å²) < 4.78 is 79.6. The van der Waals surface area contributed by atoms with Gasteiger partial charge in [0.15, 0.2) is 0 Å². The molecule has 34 heteroatoms. The van der Waals surface area contributed by atoms with Gasteiger partial charge in [-0.1, -0.05) is 32.7 Å². The highest BCUT2D eigenvalue weighted by Gasteiger charge is 2.44. The van der Waals surface area contributed by atoms with E-state index in [1.54, 1.807) is 50.4 Å². The third kappa shape index (κ3) is 19.7. The van der Waals surface area contributed by atoms with Gasteiger partial charge < -0.3 is 92.2 Å². The Balaban J connectivity index is 0.000000142. The lowest BCUT2D eigenvalue weighted by molar-refractivity contribution is -0.128. The van der Waals surface area contributed by atoms with Crippen LogP contribution in [0.3, 0.4) is 0 Å². The van der Waals surface area contributed by atoms with Gasteiger partial charge in [-0.3, -0.25) is 38.4 Å². The lowest BCUT2D eigenvalue weighted by Gasteiger charge is -2.38. The van der Waals surface area contributed by atoms with Crippen molar-refractivity contribution < 1.29 is 73.6 Å². The van der Waals surface area contributed by atoms with Crippen molar-refractivity contribution in [3.05, 3.63) is 154 Å². The number of fused-ring (bicyclic) bond motifs is 4. The van der Waals surface area contributed by atoms with E-state index in [-0.39, 0.29) is 83.1 Å². The van der Waals surface area contributed by atoms with E-state index in [0.29, 0.717) is 180 Å². The molecule has 12 heterocycles. The maximum atomic E-state index is 12.7. The fourth-order valence-electron chi connectivity index (χ4n) is 21.7. The van der Waals surface area contributed by atoms with Crippen LogP contribution < -0.4 is 72.6 Å². The molecule has 8 aliphatic heterocycles. The summed E-state index contributed by atoms with van der Waals surface area (Å²) in [7, 11) is 5.38. The predicted molar refractivity (Wildman–Crippen MR) is 523 cm³/mol. The Bertz CT molecular complexity index is 6120. The van der Waals surface area contributed by atoms with Crippen LogP contribution in [0.1, 0.15) is 234 Å². The summed E-state index contributed by atoms with van der Waals surface area (Å²) in [5.41, 5.74) is 36.0. The molecule has 0 radical (unpaired) electrons. The van der Waals surface area contributed by atoms with Crippen molar-refractivity contribution in [2.75, 3.05) is 142 Å². The number of allylic oxidation sites excluding steroid dienone is 1. The van der Waals surface area contributed by atoms with Gasteiger partial charge in [-0.2, -0.15) is 20.4 Å². The van der Waals surface area contributed by atoms with Gasteiger partial charge in [0.2, 0.25) is 23.6 Å². The number of primary amides is 4. The van der Waals surface area contributed by atoms with Crippen LogP contribution in [-0.4, -0.2) is 227 Å². The molecule has 0 spiro atoms. The number of hydrogen-bond acceptors (Lipinski definition) is 22. The molecule has 12 N–H and O–H groups in total. The van der Waals surface area contributed by atoms with E-state index < -0.39 is 36.6 Å². The van der Waals surface area contributed by atoms with Crippen LogP contribution in [0.2, 0.25) is 0 Å². The van der Waals surface area contributed by atoms with Crippen molar-refractivity contribution in [3.63, 3.8) is 0 Å². The molecule has 4 unspecified atom stereocenters. The molecular formula is C102H132N20O14. The van der Waals surface area contributed by atoms with Gasteiger partial charge in [0.05, 0.1) is 73.6 Å². The number of likely N-dealkylation sites (tertiary alicyclic amines) is 4. The van der Waals surface area contributed by atoms with Crippen LogP contribution in [0.5, 0.6) is 34.5 Å². The number of benzene rings is 4. The minimum atomic E-state index is -2.65. The Morgan fingerprint density at radius 2 is 0.662 bits per heavy atom. The molecule has 4 atom stereocenters. The van der Waals surface area contributed by atoms with Crippen LogP contribution >= 0.6 is 0 Å². The molecule has 724 valence electrons. The van der Waals surface area contributed by atoms with Crippen LogP contribution in [-0.2, 0) is 25.6 Å². The van der Waals surface area contributed by atoms with Gasteiger partial charge in [-0.15, -0.1) is 0 Å². The number of aryl methyl sites for hydroxylation is 2. The molecule has 4 saturated heterocycles. The molecule has 2 saturated carbocycles. The summed E-state index contributed by atoms with van der Waals surface area (Å²) in [6.07, 6.45) is 19.3. The molecule has 136 heavy (non-hydrogen) atoms. The molecule has 34 nitrogen and oxygen atoms in total. The number of anilines is 4. The van der Waals surface area contributed by atoms with E-state index in [0.717, 1.165) is 154 Å². The normalized spacial score (nSPS) is 20.1. The zero-order chi connectivity index (χ0) is 101. The number of hydrogen-bond donors (Lipinski definition) is 8. The number of ether oxygens (including phenoxy) is 6. The average Bonchev–Trinajstić information content (AvgIpc) is 1.59. The van der Waals surface area contributed by atoms with Gasteiger partial charge in [0.1, 0.15) is 103 Å². The zero-order valence-electron chi connectivity index (χ0n) is 84.6. The van der Waals surface area contributed by atoms with Crippen molar-refractivity contribution >= 4 is 70.5 Å². The van der Waals surface area contributed by atoms with Gasteiger partial charge in [-0.05, 0) is 262 Å². The second-order valence-electron chi connectivity index (χ2n) is 36.7. The van der Waals surface area contributed by atoms with Crippen molar-refractivity contribution in [3.8, 4) is 79.5 Å². The Morgan fingerprint density at radius 3 is 0.941 bits per heavy atom. The number of aromatic nitrogens is 8. The third-order valence-electron chi connectivity index (χ3n) is 29.0. The molecule has 18 rings (SSSR count). The van der Waals surface area contributed by atoms with Crippen molar-refractivity contribution in [1.29, 1.82) is 0 Å². The first-order valence-corrected chi connectivity index (χ1v) is 47.4. The second kappa shape index (κ2) is 42.1. The number of carbonyl (C=O) groups excluding carboxylic acids is 8. The number of piperidine rings is 4. The molecule has 0 bridgehead atoms. The number of methoxy groups -OCH3 is 6. The Kier molecular flexibility index (Phi) is 28.0. The first-order valence-electron chi connectivity index (χ1n) is 49.9. The molecular weight excluding hydrogens is 1730 g/mol. The number of amides is 8. The van der Waals surface area contributed by atoms with Crippen molar-refractivity contribution in [2.45, 2.75) is 180 Å². The van der Waals surface area contributed by atoms with E-state index in [1.165, 1.54) is 50.7 Å². The number of rotatable bonds is 25. The van der Waals surface area contributed by atoms with Gasteiger partial charge in [-0.25, -0.2) is 18.7 Å². The maximum absolute atomic E-state index is 12.7. The second-order valence-corrected chi connectivity index (χ2v) is 36.7.